The molecule has 1 N–H and O–H groups in total. The number of carbonyl (C=O) groups is 1. The Hall–Kier alpha value is -0.220. The first-order chi connectivity index (χ1) is 8.34. The molecule has 106 valence electrons. The van der Waals surface area contributed by atoms with Gasteiger partial charge in [0, 0.05) is 11.8 Å². The van der Waals surface area contributed by atoms with E-state index in [1.54, 1.807) is 0 Å². The molecule has 1 heterocycles. The lowest BCUT2D eigenvalue weighted by molar-refractivity contribution is -0.133. The quantitative estimate of drug-likeness (QED) is 0.807. The van der Waals surface area contributed by atoms with Crippen molar-refractivity contribution in [3.63, 3.8) is 0 Å². The van der Waals surface area contributed by atoms with Gasteiger partial charge in [-0.2, -0.15) is 11.8 Å². The van der Waals surface area contributed by atoms with E-state index in [0.717, 1.165) is 19.4 Å². The predicted molar refractivity (Wildman–Crippen MR) is 79.8 cm³/mol. The molecule has 4 heteroatoms. The fourth-order valence-electron chi connectivity index (χ4n) is 2.41. The summed E-state index contributed by atoms with van der Waals surface area (Å²) in [6, 6.07) is 0. The molecular weight excluding hydrogens is 244 g/mol. The maximum atomic E-state index is 12.6. The van der Waals surface area contributed by atoms with Crippen molar-refractivity contribution >= 4 is 17.7 Å². The van der Waals surface area contributed by atoms with Gasteiger partial charge in [0.2, 0.25) is 5.91 Å². The number of hydrogen-bond donors (Lipinski definition) is 1. The van der Waals surface area contributed by atoms with Gasteiger partial charge in [0.25, 0.3) is 0 Å². The van der Waals surface area contributed by atoms with Gasteiger partial charge < -0.3 is 4.90 Å². The molecule has 1 fully saturated rings. The molecule has 0 saturated carbocycles. The second-order valence-corrected chi connectivity index (χ2v) is 7.26. The lowest BCUT2D eigenvalue weighted by Gasteiger charge is -2.27. The number of carbonyl (C=O) groups excluding carboxylic acids is 1. The molecule has 3 nitrogen and oxygen atoms in total. The number of thioether (sulfide) groups is 1. The summed E-state index contributed by atoms with van der Waals surface area (Å²) in [6.07, 6.45) is 4.19. The molecule has 1 saturated heterocycles. The first-order valence-corrected chi connectivity index (χ1v) is 8.24. The van der Waals surface area contributed by atoms with Crippen molar-refractivity contribution < 1.29 is 4.79 Å². The normalized spacial score (nSPS) is 30.3. The van der Waals surface area contributed by atoms with Gasteiger partial charge in [0.05, 0.1) is 11.7 Å². The van der Waals surface area contributed by atoms with Crippen LogP contribution >= 0.6 is 11.8 Å². The lowest BCUT2D eigenvalue weighted by Crippen LogP contribution is -2.44. The molecule has 1 amide bonds. The zero-order valence-electron chi connectivity index (χ0n) is 12.6. The standard InChI is InChI=1S/C14H28N2OS/c1-7-14(5)13(17)16(9-11(4)18-6)12(15-14)8-10(2)3/h10-12,15H,7-9H2,1-6H3. The van der Waals surface area contributed by atoms with Crippen molar-refractivity contribution in [1.29, 1.82) is 0 Å². The van der Waals surface area contributed by atoms with Gasteiger partial charge in [-0.05, 0) is 31.9 Å². The van der Waals surface area contributed by atoms with Crippen molar-refractivity contribution in [3.8, 4) is 0 Å². The van der Waals surface area contributed by atoms with Crippen LogP contribution in [0.4, 0.5) is 0 Å². The molecule has 0 aromatic carbocycles. The highest BCUT2D eigenvalue weighted by Gasteiger charge is 2.46. The minimum atomic E-state index is -0.363. The van der Waals surface area contributed by atoms with Crippen LogP contribution in [0.2, 0.25) is 0 Å². The SMILES string of the molecule is CCC1(C)NC(CC(C)C)N(CC(C)SC)C1=O. The van der Waals surface area contributed by atoms with Crippen molar-refractivity contribution in [2.24, 2.45) is 5.92 Å². The van der Waals surface area contributed by atoms with Gasteiger partial charge in [0.1, 0.15) is 0 Å². The summed E-state index contributed by atoms with van der Waals surface area (Å²) in [5.74, 6) is 0.873. The number of nitrogens with zero attached hydrogens (tertiary/aromatic N) is 1. The molecule has 1 aliphatic heterocycles. The van der Waals surface area contributed by atoms with E-state index in [2.05, 4.69) is 44.2 Å². The number of nitrogens with one attached hydrogen (secondary N) is 1. The Morgan fingerprint density at radius 1 is 1.44 bits per heavy atom. The number of rotatable bonds is 6. The second kappa shape index (κ2) is 6.29. The Balaban J connectivity index is 2.83. The largest absolute Gasteiger partial charge is 0.324 e. The molecule has 18 heavy (non-hydrogen) atoms. The van der Waals surface area contributed by atoms with Gasteiger partial charge in [-0.3, -0.25) is 10.1 Å². The van der Waals surface area contributed by atoms with Crippen molar-refractivity contribution in [2.45, 2.75) is 64.4 Å². The molecule has 3 atom stereocenters. The van der Waals surface area contributed by atoms with E-state index in [-0.39, 0.29) is 17.6 Å². The zero-order chi connectivity index (χ0) is 13.9. The van der Waals surface area contributed by atoms with Gasteiger partial charge in [-0.15, -0.1) is 0 Å². The lowest BCUT2D eigenvalue weighted by atomic mass is 9.99. The highest BCUT2D eigenvalue weighted by Crippen LogP contribution is 2.27. The van der Waals surface area contributed by atoms with Crippen molar-refractivity contribution in [2.75, 3.05) is 12.8 Å². The smallest absolute Gasteiger partial charge is 0.243 e. The molecule has 1 aliphatic rings. The summed E-state index contributed by atoms with van der Waals surface area (Å²) < 4.78 is 0. The average Bonchev–Trinajstić information content (AvgIpc) is 2.53. The van der Waals surface area contributed by atoms with Crippen LogP contribution in [0, 0.1) is 5.92 Å². The number of amides is 1. The molecule has 0 spiro atoms. The maximum Gasteiger partial charge on any atom is 0.243 e. The van der Waals surface area contributed by atoms with E-state index in [4.69, 9.17) is 0 Å². The van der Waals surface area contributed by atoms with Crippen LogP contribution in [-0.4, -0.2) is 40.6 Å². The number of hydrogen-bond acceptors (Lipinski definition) is 3. The van der Waals surface area contributed by atoms with E-state index >= 15 is 0 Å². The Morgan fingerprint density at radius 3 is 2.50 bits per heavy atom. The third-order valence-corrected chi connectivity index (χ3v) is 4.81. The van der Waals surface area contributed by atoms with Crippen LogP contribution in [0.15, 0.2) is 0 Å². The zero-order valence-corrected chi connectivity index (χ0v) is 13.4. The predicted octanol–water partition coefficient (Wildman–Crippen LogP) is 2.71. The fourth-order valence-corrected chi connectivity index (χ4v) is 2.72. The Bertz CT molecular complexity index is 296. The Kier molecular flexibility index (Phi) is 5.53. The highest BCUT2D eigenvalue weighted by molar-refractivity contribution is 7.99. The summed E-state index contributed by atoms with van der Waals surface area (Å²) in [4.78, 5) is 14.6. The maximum absolute atomic E-state index is 12.6. The molecule has 3 unspecified atom stereocenters. The monoisotopic (exact) mass is 272 g/mol. The molecule has 0 radical (unpaired) electrons. The van der Waals surface area contributed by atoms with E-state index in [1.807, 2.05) is 18.7 Å². The fraction of sp³-hybridized carbons (Fsp3) is 0.929. The molecule has 0 bridgehead atoms. The van der Waals surface area contributed by atoms with Crippen molar-refractivity contribution in [1.82, 2.24) is 10.2 Å². The third-order valence-electron chi connectivity index (χ3n) is 3.85. The Morgan fingerprint density at radius 2 is 2.06 bits per heavy atom. The van der Waals surface area contributed by atoms with E-state index in [9.17, 15) is 4.79 Å². The molecule has 0 aliphatic carbocycles. The first kappa shape index (κ1) is 15.8. The summed E-state index contributed by atoms with van der Waals surface area (Å²) in [6.45, 7) is 11.6. The van der Waals surface area contributed by atoms with E-state index in [1.165, 1.54) is 0 Å². The Labute approximate surface area is 116 Å². The van der Waals surface area contributed by atoms with E-state index < -0.39 is 0 Å². The molecule has 0 aromatic rings. The van der Waals surface area contributed by atoms with Crippen LogP contribution < -0.4 is 5.32 Å². The topological polar surface area (TPSA) is 32.3 Å². The second-order valence-electron chi connectivity index (χ2n) is 5.98. The summed E-state index contributed by atoms with van der Waals surface area (Å²) in [5, 5.41) is 4.04. The molecular formula is C14H28N2OS. The van der Waals surface area contributed by atoms with Crippen LogP contribution in [-0.2, 0) is 4.79 Å². The first-order valence-electron chi connectivity index (χ1n) is 6.95. The van der Waals surface area contributed by atoms with Gasteiger partial charge in [-0.1, -0.05) is 27.7 Å². The van der Waals surface area contributed by atoms with Gasteiger partial charge >= 0.3 is 0 Å². The average molecular weight is 272 g/mol. The molecule has 0 aromatic heterocycles. The molecule has 1 rings (SSSR count). The summed E-state index contributed by atoms with van der Waals surface area (Å²) >= 11 is 1.82. The van der Waals surface area contributed by atoms with Crippen LogP contribution in [0.5, 0.6) is 0 Å². The van der Waals surface area contributed by atoms with Crippen LogP contribution in [0.3, 0.4) is 0 Å². The summed E-state index contributed by atoms with van der Waals surface area (Å²) in [7, 11) is 0. The van der Waals surface area contributed by atoms with Crippen LogP contribution in [0.1, 0.15) is 47.5 Å². The van der Waals surface area contributed by atoms with Gasteiger partial charge in [-0.25, -0.2) is 0 Å². The van der Waals surface area contributed by atoms with E-state index in [0.29, 0.717) is 11.2 Å². The third kappa shape index (κ3) is 3.41. The minimum absolute atomic E-state index is 0.206. The summed E-state index contributed by atoms with van der Waals surface area (Å²) in [5.41, 5.74) is -0.363. The highest BCUT2D eigenvalue weighted by atomic mass is 32.2. The van der Waals surface area contributed by atoms with Gasteiger partial charge in [0.15, 0.2) is 0 Å². The minimum Gasteiger partial charge on any atom is -0.324 e. The van der Waals surface area contributed by atoms with Crippen molar-refractivity contribution in [3.05, 3.63) is 0 Å². The van der Waals surface area contributed by atoms with Crippen LogP contribution in [0.25, 0.3) is 0 Å².